The highest BCUT2D eigenvalue weighted by molar-refractivity contribution is 9.10. The van der Waals surface area contributed by atoms with Crippen molar-refractivity contribution in [1.82, 2.24) is 0 Å². The zero-order valence-electron chi connectivity index (χ0n) is 11.6. The number of unbranched alkanes of at least 4 members (excludes halogenated alkanes) is 1. The lowest BCUT2D eigenvalue weighted by atomic mass is 10.1. The molecule has 1 aromatic carbocycles. The lowest BCUT2D eigenvalue weighted by Crippen LogP contribution is -2.05. The Bertz CT molecular complexity index is 404. The van der Waals surface area contributed by atoms with Crippen LogP contribution in [0, 0.1) is 0 Å². The van der Waals surface area contributed by atoms with Crippen molar-refractivity contribution in [1.29, 1.82) is 0 Å². The first-order chi connectivity index (χ1) is 9.16. The minimum Gasteiger partial charge on any atom is -0.492 e. The van der Waals surface area contributed by atoms with Crippen LogP contribution >= 0.6 is 15.9 Å². The van der Waals surface area contributed by atoms with Crippen molar-refractivity contribution >= 4 is 21.7 Å². The second-order valence-corrected chi connectivity index (χ2v) is 5.13. The van der Waals surface area contributed by atoms with Gasteiger partial charge in [-0.15, -0.1) is 0 Å². The van der Waals surface area contributed by atoms with Crippen molar-refractivity contribution in [2.24, 2.45) is 0 Å². The van der Waals surface area contributed by atoms with Crippen molar-refractivity contribution in [3.8, 4) is 5.75 Å². The first-order valence-electron chi connectivity index (χ1n) is 6.66. The van der Waals surface area contributed by atoms with Crippen LogP contribution in [0.15, 0.2) is 22.7 Å². The maximum atomic E-state index is 11.4. The van der Waals surface area contributed by atoms with Gasteiger partial charge in [0.05, 0.1) is 11.1 Å². The van der Waals surface area contributed by atoms with Gasteiger partial charge in [0, 0.05) is 25.2 Å². The molecule has 3 nitrogen and oxygen atoms in total. The summed E-state index contributed by atoms with van der Waals surface area (Å²) in [4.78, 5) is 11.4. The van der Waals surface area contributed by atoms with E-state index in [1.54, 1.807) is 13.0 Å². The van der Waals surface area contributed by atoms with E-state index < -0.39 is 0 Å². The van der Waals surface area contributed by atoms with Crippen LogP contribution in [0.3, 0.4) is 0 Å². The first-order valence-corrected chi connectivity index (χ1v) is 7.46. The van der Waals surface area contributed by atoms with Crippen molar-refractivity contribution in [3.05, 3.63) is 28.2 Å². The number of Topliss-reactive ketones (excluding diaryl/α,β-unsaturated/α-hetero) is 1. The molecule has 0 heterocycles. The third kappa shape index (κ3) is 5.74. The van der Waals surface area contributed by atoms with Crippen LogP contribution in [0.2, 0.25) is 0 Å². The highest BCUT2D eigenvalue weighted by Crippen LogP contribution is 2.28. The Morgan fingerprint density at radius 3 is 2.63 bits per heavy atom. The number of carbonyl (C=O) groups excluding carboxylic acids is 1. The molecule has 0 aliphatic carbocycles. The molecule has 19 heavy (non-hydrogen) atoms. The summed E-state index contributed by atoms with van der Waals surface area (Å²) in [6.07, 6.45) is 3.11. The molecule has 0 aliphatic heterocycles. The average Bonchev–Trinajstić information content (AvgIpc) is 2.39. The summed E-state index contributed by atoms with van der Waals surface area (Å²) in [5, 5.41) is 0. The van der Waals surface area contributed by atoms with E-state index in [2.05, 4.69) is 22.9 Å². The van der Waals surface area contributed by atoms with Gasteiger partial charge in [0.2, 0.25) is 0 Å². The van der Waals surface area contributed by atoms with Gasteiger partial charge < -0.3 is 9.47 Å². The first kappa shape index (κ1) is 16.2. The highest BCUT2D eigenvalue weighted by Gasteiger charge is 2.09. The summed E-state index contributed by atoms with van der Waals surface area (Å²) in [6.45, 7) is 5.81. The van der Waals surface area contributed by atoms with Gasteiger partial charge in [-0.05, 0) is 35.3 Å². The summed E-state index contributed by atoms with van der Waals surface area (Å²) in [5.74, 6) is 0.737. The SMILES string of the molecule is CCCCOCCCOc1cccc(C(C)=O)c1Br. The molecule has 0 amide bonds. The van der Waals surface area contributed by atoms with Gasteiger partial charge in [-0.2, -0.15) is 0 Å². The zero-order chi connectivity index (χ0) is 14.1. The fourth-order valence-corrected chi connectivity index (χ4v) is 2.24. The van der Waals surface area contributed by atoms with E-state index in [0.717, 1.165) is 30.3 Å². The maximum Gasteiger partial charge on any atom is 0.161 e. The molecular weight excluding hydrogens is 308 g/mol. The molecule has 0 bridgehead atoms. The van der Waals surface area contributed by atoms with E-state index in [4.69, 9.17) is 9.47 Å². The van der Waals surface area contributed by atoms with Gasteiger partial charge in [-0.1, -0.05) is 25.5 Å². The van der Waals surface area contributed by atoms with Crippen LogP contribution in [-0.4, -0.2) is 25.6 Å². The summed E-state index contributed by atoms with van der Waals surface area (Å²) >= 11 is 3.41. The van der Waals surface area contributed by atoms with E-state index >= 15 is 0 Å². The lowest BCUT2D eigenvalue weighted by Gasteiger charge is -2.10. The predicted octanol–water partition coefficient (Wildman–Crippen LogP) is 4.24. The van der Waals surface area contributed by atoms with Crippen LogP contribution in [0.5, 0.6) is 5.75 Å². The monoisotopic (exact) mass is 328 g/mol. The largest absolute Gasteiger partial charge is 0.492 e. The molecule has 0 saturated heterocycles. The van der Waals surface area contributed by atoms with E-state index in [1.807, 2.05) is 12.1 Å². The second kappa shape index (κ2) is 9.10. The number of rotatable bonds is 9. The molecule has 0 fully saturated rings. The molecule has 0 spiro atoms. The van der Waals surface area contributed by atoms with Crippen molar-refractivity contribution in [2.45, 2.75) is 33.1 Å². The van der Waals surface area contributed by atoms with Gasteiger partial charge in [-0.3, -0.25) is 4.79 Å². The van der Waals surface area contributed by atoms with E-state index in [0.29, 0.717) is 24.5 Å². The number of hydrogen-bond donors (Lipinski definition) is 0. The van der Waals surface area contributed by atoms with Gasteiger partial charge in [0.15, 0.2) is 5.78 Å². The number of ketones is 1. The van der Waals surface area contributed by atoms with Crippen molar-refractivity contribution < 1.29 is 14.3 Å². The standard InChI is InChI=1S/C15H21BrO3/c1-3-4-9-18-10-6-11-19-14-8-5-7-13(12(2)17)15(14)16/h5,7-8H,3-4,6,9-11H2,1-2H3. The fourth-order valence-electron chi connectivity index (χ4n) is 1.59. The Kier molecular flexibility index (Phi) is 7.75. The summed E-state index contributed by atoms with van der Waals surface area (Å²) in [7, 11) is 0. The van der Waals surface area contributed by atoms with E-state index in [1.165, 1.54) is 0 Å². The Morgan fingerprint density at radius 1 is 1.21 bits per heavy atom. The molecule has 1 rings (SSSR count). The summed E-state index contributed by atoms with van der Waals surface area (Å²) in [6, 6.07) is 5.47. The number of halogens is 1. The molecule has 1 aromatic rings. The van der Waals surface area contributed by atoms with Gasteiger partial charge in [0.25, 0.3) is 0 Å². The van der Waals surface area contributed by atoms with Crippen LogP contribution in [-0.2, 0) is 4.74 Å². The molecule has 0 atom stereocenters. The van der Waals surface area contributed by atoms with Gasteiger partial charge >= 0.3 is 0 Å². The Morgan fingerprint density at radius 2 is 1.95 bits per heavy atom. The molecule has 0 radical (unpaired) electrons. The topological polar surface area (TPSA) is 35.5 Å². The van der Waals surface area contributed by atoms with Crippen LogP contribution in [0.25, 0.3) is 0 Å². The molecule has 0 aromatic heterocycles. The van der Waals surface area contributed by atoms with Crippen LogP contribution < -0.4 is 4.74 Å². The Labute approximate surface area is 123 Å². The Balaban J connectivity index is 2.33. The third-order valence-electron chi connectivity index (χ3n) is 2.68. The van der Waals surface area contributed by atoms with Crippen molar-refractivity contribution in [2.75, 3.05) is 19.8 Å². The number of carbonyl (C=O) groups is 1. The number of benzene rings is 1. The molecule has 4 heteroatoms. The Hall–Kier alpha value is -0.870. The van der Waals surface area contributed by atoms with Crippen LogP contribution in [0.4, 0.5) is 0 Å². The molecule has 0 N–H and O–H groups in total. The smallest absolute Gasteiger partial charge is 0.161 e. The molecule has 0 saturated carbocycles. The normalized spacial score (nSPS) is 10.5. The molecule has 0 unspecified atom stereocenters. The average molecular weight is 329 g/mol. The number of ether oxygens (including phenoxy) is 2. The third-order valence-corrected chi connectivity index (χ3v) is 3.49. The second-order valence-electron chi connectivity index (χ2n) is 4.34. The van der Waals surface area contributed by atoms with Crippen LogP contribution in [0.1, 0.15) is 43.5 Å². The lowest BCUT2D eigenvalue weighted by molar-refractivity contribution is 0.101. The zero-order valence-corrected chi connectivity index (χ0v) is 13.2. The maximum absolute atomic E-state index is 11.4. The highest BCUT2D eigenvalue weighted by atomic mass is 79.9. The van der Waals surface area contributed by atoms with E-state index in [-0.39, 0.29) is 5.78 Å². The fraction of sp³-hybridized carbons (Fsp3) is 0.533. The predicted molar refractivity (Wildman–Crippen MR) is 80.0 cm³/mol. The number of hydrogen-bond acceptors (Lipinski definition) is 3. The molecule has 0 aliphatic rings. The van der Waals surface area contributed by atoms with Gasteiger partial charge in [0.1, 0.15) is 5.75 Å². The summed E-state index contributed by atoms with van der Waals surface area (Å²) < 4.78 is 11.8. The molecular formula is C15H21BrO3. The summed E-state index contributed by atoms with van der Waals surface area (Å²) in [5.41, 5.74) is 0.650. The van der Waals surface area contributed by atoms with Gasteiger partial charge in [-0.25, -0.2) is 0 Å². The minimum absolute atomic E-state index is 0.0280. The molecule has 106 valence electrons. The van der Waals surface area contributed by atoms with E-state index in [9.17, 15) is 4.79 Å². The quantitative estimate of drug-likeness (QED) is 0.502. The minimum atomic E-state index is 0.0280. The van der Waals surface area contributed by atoms with Crippen molar-refractivity contribution in [3.63, 3.8) is 0 Å².